The van der Waals surface area contributed by atoms with Crippen molar-refractivity contribution in [2.45, 2.75) is 45.7 Å². The lowest BCUT2D eigenvalue weighted by Gasteiger charge is -2.24. The van der Waals surface area contributed by atoms with Gasteiger partial charge in [-0.15, -0.1) is 11.3 Å². The SMILES string of the molecule is CCCNC1CCN(C(C)c2ccc(C)s2)C1=O. The van der Waals surface area contributed by atoms with Crippen molar-refractivity contribution in [3.8, 4) is 0 Å². The summed E-state index contributed by atoms with van der Waals surface area (Å²) in [5.74, 6) is 0.266. The lowest BCUT2D eigenvalue weighted by molar-refractivity contribution is -0.131. The molecule has 1 aromatic rings. The Morgan fingerprint density at radius 2 is 2.33 bits per heavy atom. The van der Waals surface area contributed by atoms with Gasteiger partial charge in [-0.05, 0) is 45.4 Å². The summed E-state index contributed by atoms with van der Waals surface area (Å²) >= 11 is 1.79. The average molecular weight is 266 g/mol. The normalized spacial score (nSPS) is 21.6. The van der Waals surface area contributed by atoms with Gasteiger partial charge < -0.3 is 10.2 Å². The Morgan fingerprint density at radius 3 is 2.94 bits per heavy atom. The van der Waals surface area contributed by atoms with Gasteiger partial charge in [0.1, 0.15) is 0 Å². The third kappa shape index (κ3) is 2.75. The zero-order valence-electron chi connectivity index (χ0n) is 11.4. The quantitative estimate of drug-likeness (QED) is 0.888. The second kappa shape index (κ2) is 5.85. The van der Waals surface area contributed by atoms with Crippen LogP contribution in [0.5, 0.6) is 0 Å². The lowest BCUT2D eigenvalue weighted by Crippen LogP contribution is -2.39. The second-order valence-corrected chi connectivity index (χ2v) is 6.27. The van der Waals surface area contributed by atoms with E-state index in [-0.39, 0.29) is 18.0 Å². The fraction of sp³-hybridized carbons (Fsp3) is 0.643. The van der Waals surface area contributed by atoms with E-state index >= 15 is 0 Å². The molecule has 1 amide bonds. The Kier molecular flexibility index (Phi) is 4.40. The molecule has 0 spiro atoms. The van der Waals surface area contributed by atoms with Crippen LogP contribution in [0.1, 0.15) is 42.5 Å². The maximum absolute atomic E-state index is 12.3. The van der Waals surface area contributed by atoms with Gasteiger partial charge in [0.2, 0.25) is 5.91 Å². The number of carbonyl (C=O) groups is 1. The van der Waals surface area contributed by atoms with Crippen molar-refractivity contribution in [1.29, 1.82) is 0 Å². The minimum Gasteiger partial charge on any atom is -0.334 e. The van der Waals surface area contributed by atoms with Gasteiger partial charge in [-0.1, -0.05) is 6.92 Å². The predicted octanol–water partition coefficient (Wildman–Crippen LogP) is 2.72. The van der Waals surface area contributed by atoms with E-state index in [1.54, 1.807) is 11.3 Å². The number of rotatable bonds is 5. The highest BCUT2D eigenvalue weighted by Crippen LogP contribution is 2.30. The molecule has 1 saturated heterocycles. The van der Waals surface area contributed by atoms with Gasteiger partial charge in [-0.3, -0.25) is 4.79 Å². The average Bonchev–Trinajstić information content (AvgIpc) is 2.93. The molecular formula is C14H22N2OS. The minimum atomic E-state index is 0.0356. The van der Waals surface area contributed by atoms with Crippen LogP contribution in [0.4, 0.5) is 0 Å². The molecule has 0 aliphatic carbocycles. The van der Waals surface area contributed by atoms with Crippen molar-refractivity contribution in [2.75, 3.05) is 13.1 Å². The third-order valence-electron chi connectivity index (χ3n) is 3.52. The molecule has 1 aliphatic rings. The van der Waals surface area contributed by atoms with Gasteiger partial charge in [-0.25, -0.2) is 0 Å². The fourth-order valence-electron chi connectivity index (χ4n) is 2.43. The summed E-state index contributed by atoms with van der Waals surface area (Å²) in [7, 11) is 0. The fourth-order valence-corrected chi connectivity index (χ4v) is 3.37. The number of nitrogens with zero attached hydrogens (tertiary/aromatic N) is 1. The molecule has 0 aromatic carbocycles. The first kappa shape index (κ1) is 13.6. The molecule has 2 atom stereocenters. The van der Waals surface area contributed by atoms with E-state index in [0.717, 1.165) is 25.9 Å². The van der Waals surface area contributed by atoms with Crippen LogP contribution >= 0.6 is 11.3 Å². The Labute approximate surface area is 113 Å². The maximum atomic E-state index is 12.3. The summed E-state index contributed by atoms with van der Waals surface area (Å²) < 4.78 is 0. The third-order valence-corrected chi connectivity index (χ3v) is 4.69. The smallest absolute Gasteiger partial charge is 0.240 e. The second-order valence-electron chi connectivity index (χ2n) is 4.95. The van der Waals surface area contributed by atoms with Crippen molar-refractivity contribution in [3.63, 3.8) is 0 Å². The molecule has 0 saturated carbocycles. The molecule has 4 heteroatoms. The number of thiophene rings is 1. The number of likely N-dealkylation sites (tertiary alicyclic amines) is 1. The predicted molar refractivity (Wildman–Crippen MR) is 75.9 cm³/mol. The standard InChI is InChI=1S/C14H22N2OS/c1-4-8-15-12-7-9-16(14(12)17)11(3)13-6-5-10(2)18-13/h5-6,11-12,15H,4,7-9H2,1-3H3. The van der Waals surface area contributed by atoms with Crippen molar-refractivity contribution >= 4 is 17.2 Å². The first-order valence-electron chi connectivity index (χ1n) is 6.73. The molecular weight excluding hydrogens is 244 g/mol. The topological polar surface area (TPSA) is 32.3 Å². The van der Waals surface area contributed by atoms with Gasteiger partial charge >= 0.3 is 0 Å². The van der Waals surface area contributed by atoms with Gasteiger partial charge in [-0.2, -0.15) is 0 Å². The van der Waals surface area contributed by atoms with Crippen LogP contribution in [0.3, 0.4) is 0 Å². The van der Waals surface area contributed by atoms with Crippen molar-refractivity contribution in [2.24, 2.45) is 0 Å². The monoisotopic (exact) mass is 266 g/mol. The minimum absolute atomic E-state index is 0.0356. The van der Waals surface area contributed by atoms with Gasteiger partial charge in [0.25, 0.3) is 0 Å². The largest absolute Gasteiger partial charge is 0.334 e. The molecule has 1 aliphatic heterocycles. The Balaban J connectivity index is 2.00. The van der Waals surface area contributed by atoms with Crippen LogP contribution in [-0.2, 0) is 4.79 Å². The van der Waals surface area contributed by atoms with E-state index in [0.29, 0.717) is 0 Å². The summed E-state index contributed by atoms with van der Waals surface area (Å²) in [6.07, 6.45) is 2.01. The van der Waals surface area contributed by atoms with Crippen LogP contribution in [0, 0.1) is 6.92 Å². The van der Waals surface area contributed by atoms with E-state index < -0.39 is 0 Å². The molecule has 1 aromatic heterocycles. The van der Waals surface area contributed by atoms with E-state index in [4.69, 9.17) is 0 Å². The highest BCUT2D eigenvalue weighted by molar-refractivity contribution is 7.12. The van der Waals surface area contributed by atoms with Crippen LogP contribution in [-0.4, -0.2) is 29.9 Å². The van der Waals surface area contributed by atoms with Crippen LogP contribution in [0.25, 0.3) is 0 Å². The number of hydrogen-bond acceptors (Lipinski definition) is 3. The number of hydrogen-bond donors (Lipinski definition) is 1. The lowest BCUT2D eigenvalue weighted by atomic mass is 10.2. The van der Waals surface area contributed by atoms with Gasteiger partial charge in [0.05, 0.1) is 12.1 Å². The number of nitrogens with one attached hydrogen (secondary N) is 1. The summed E-state index contributed by atoms with van der Waals surface area (Å²) in [6, 6.07) is 4.52. The van der Waals surface area contributed by atoms with E-state index in [9.17, 15) is 4.79 Å². The summed E-state index contributed by atoms with van der Waals surface area (Å²) in [4.78, 5) is 16.9. The molecule has 0 radical (unpaired) electrons. The van der Waals surface area contributed by atoms with E-state index in [1.807, 2.05) is 4.90 Å². The molecule has 18 heavy (non-hydrogen) atoms. The summed E-state index contributed by atoms with van der Waals surface area (Å²) in [5, 5.41) is 3.33. The summed E-state index contributed by atoms with van der Waals surface area (Å²) in [5.41, 5.74) is 0. The number of aryl methyl sites for hydroxylation is 1. The zero-order valence-corrected chi connectivity index (χ0v) is 12.2. The molecule has 1 N–H and O–H groups in total. The Hall–Kier alpha value is -0.870. The van der Waals surface area contributed by atoms with Crippen LogP contribution in [0.2, 0.25) is 0 Å². The maximum Gasteiger partial charge on any atom is 0.240 e. The Bertz CT molecular complexity index is 416. The van der Waals surface area contributed by atoms with Crippen molar-refractivity contribution in [3.05, 3.63) is 21.9 Å². The van der Waals surface area contributed by atoms with Crippen molar-refractivity contribution in [1.82, 2.24) is 10.2 Å². The zero-order chi connectivity index (χ0) is 13.1. The molecule has 0 bridgehead atoms. The highest BCUT2D eigenvalue weighted by Gasteiger charge is 2.34. The number of carbonyl (C=O) groups excluding carboxylic acids is 1. The molecule has 1 fully saturated rings. The van der Waals surface area contributed by atoms with Crippen LogP contribution in [0.15, 0.2) is 12.1 Å². The van der Waals surface area contributed by atoms with Gasteiger partial charge in [0, 0.05) is 16.3 Å². The molecule has 2 heterocycles. The van der Waals surface area contributed by atoms with Gasteiger partial charge in [0.15, 0.2) is 0 Å². The molecule has 100 valence electrons. The van der Waals surface area contributed by atoms with E-state index in [1.165, 1.54) is 9.75 Å². The van der Waals surface area contributed by atoms with Crippen LogP contribution < -0.4 is 5.32 Å². The van der Waals surface area contributed by atoms with E-state index in [2.05, 4.69) is 38.2 Å². The highest BCUT2D eigenvalue weighted by atomic mass is 32.1. The number of amides is 1. The molecule has 2 rings (SSSR count). The summed E-state index contributed by atoms with van der Waals surface area (Å²) in [6.45, 7) is 8.17. The molecule has 2 unspecified atom stereocenters. The van der Waals surface area contributed by atoms with Crippen molar-refractivity contribution < 1.29 is 4.79 Å². The molecule has 3 nitrogen and oxygen atoms in total. The first-order chi connectivity index (χ1) is 8.63. The first-order valence-corrected chi connectivity index (χ1v) is 7.55. The Morgan fingerprint density at radius 1 is 1.56 bits per heavy atom.